The molecule has 1 amide bonds. The summed E-state index contributed by atoms with van der Waals surface area (Å²) >= 11 is 0. The molecule has 0 spiro atoms. The molecule has 0 bridgehead atoms. The zero-order chi connectivity index (χ0) is 44.3. The Hall–Kier alpha value is -2.32. The molecule has 0 saturated heterocycles. The normalized spacial score (nSPS) is 15.0. The molecule has 0 heterocycles. The lowest BCUT2D eigenvalue weighted by molar-refractivity contribution is -0.870. The van der Waals surface area contributed by atoms with E-state index in [1.54, 1.807) is 0 Å². The molecular formula is C51H91N2O6P. The summed E-state index contributed by atoms with van der Waals surface area (Å²) in [4.78, 5) is 25.4. The van der Waals surface area contributed by atoms with Crippen LogP contribution in [0.15, 0.2) is 85.1 Å². The largest absolute Gasteiger partial charge is 0.756 e. The van der Waals surface area contributed by atoms with Crippen LogP contribution in [0.1, 0.15) is 181 Å². The molecule has 60 heavy (non-hydrogen) atoms. The highest BCUT2D eigenvalue weighted by Crippen LogP contribution is 2.38. The van der Waals surface area contributed by atoms with Gasteiger partial charge in [-0.2, -0.15) is 0 Å². The van der Waals surface area contributed by atoms with Gasteiger partial charge < -0.3 is 28.8 Å². The van der Waals surface area contributed by atoms with Gasteiger partial charge in [0.2, 0.25) is 5.91 Å². The van der Waals surface area contributed by atoms with Crippen LogP contribution in [0.4, 0.5) is 0 Å². The molecule has 0 radical (unpaired) electrons. The summed E-state index contributed by atoms with van der Waals surface area (Å²) in [5.74, 6) is -0.226. The lowest BCUT2D eigenvalue weighted by Gasteiger charge is -2.30. The van der Waals surface area contributed by atoms with Crippen LogP contribution in [-0.4, -0.2) is 68.5 Å². The number of unbranched alkanes of at least 4 members (excludes halogenated alkanes) is 15. The fourth-order valence-corrected chi connectivity index (χ4v) is 7.10. The molecule has 0 aliphatic heterocycles. The van der Waals surface area contributed by atoms with Crippen LogP contribution < -0.4 is 10.2 Å². The van der Waals surface area contributed by atoms with E-state index in [-0.39, 0.29) is 25.5 Å². The number of phosphoric ester groups is 1. The van der Waals surface area contributed by atoms with Gasteiger partial charge in [0.15, 0.2) is 0 Å². The Bertz CT molecular complexity index is 1250. The van der Waals surface area contributed by atoms with Gasteiger partial charge in [0.1, 0.15) is 13.2 Å². The third kappa shape index (κ3) is 43.8. The standard InChI is InChI=1S/C51H91N2O6P/c1-6-8-10-12-14-16-18-20-22-23-24-25-26-27-28-29-31-33-35-37-39-41-43-45-51(55)52-49(48-59-60(56,57)58-47-46-53(3,4)5)50(54)44-42-40-38-36-34-32-30-21-19-17-15-13-11-9-7-2/h8,10,14,16,20,22,24-25,27-28,31,33,37,39,49-50,54H,6-7,9,11-13,15,17-19,21,23,26,29-30,32,34-36,38,40-48H2,1-5H3,(H-,52,55,56,57)/b10-8-,16-14-,22-20-,25-24-,28-27-,33-31-,39-37-. The predicted molar refractivity (Wildman–Crippen MR) is 256 cm³/mol. The number of quaternary nitrogens is 1. The Labute approximate surface area is 369 Å². The minimum absolute atomic E-state index is 0.00338. The van der Waals surface area contributed by atoms with E-state index in [0.717, 1.165) is 70.6 Å². The molecule has 346 valence electrons. The molecule has 0 aromatic rings. The van der Waals surface area contributed by atoms with E-state index in [0.29, 0.717) is 23.9 Å². The molecule has 0 aromatic carbocycles. The summed E-state index contributed by atoms with van der Waals surface area (Å²) in [7, 11) is 1.25. The highest BCUT2D eigenvalue weighted by molar-refractivity contribution is 7.45. The van der Waals surface area contributed by atoms with E-state index in [1.807, 2.05) is 21.1 Å². The van der Waals surface area contributed by atoms with Crippen molar-refractivity contribution >= 4 is 13.7 Å². The number of aliphatic hydroxyl groups is 1. The Balaban J connectivity index is 4.45. The number of hydrogen-bond acceptors (Lipinski definition) is 6. The Morgan fingerprint density at radius 1 is 0.600 bits per heavy atom. The van der Waals surface area contributed by atoms with Gasteiger partial charge in [-0.25, -0.2) is 0 Å². The number of phosphoric acid groups is 1. The van der Waals surface area contributed by atoms with Gasteiger partial charge in [0.25, 0.3) is 7.82 Å². The number of nitrogens with zero attached hydrogens (tertiary/aromatic N) is 1. The molecule has 0 aliphatic carbocycles. The summed E-state index contributed by atoms with van der Waals surface area (Å²) in [5.41, 5.74) is 0. The van der Waals surface area contributed by atoms with Crippen LogP contribution in [0.2, 0.25) is 0 Å². The van der Waals surface area contributed by atoms with Crippen molar-refractivity contribution in [2.24, 2.45) is 0 Å². The van der Waals surface area contributed by atoms with Crippen LogP contribution in [0.3, 0.4) is 0 Å². The molecule has 0 saturated carbocycles. The van der Waals surface area contributed by atoms with Crippen molar-refractivity contribution in [3.05, 3.63) is 85.1 Å². The number of aliphatic hydroxyl groups excluding tert-OH is 1. The van der Waals surface area contributed by atoms with Gasteiger partial charge in [0, 0.05) is 6.42 Å². The number of carbonyl (C=O) groups is 1. The van der Waals surface area contributed by atoms with Crippen molar-refractivity contribution in [2.75, 3.05) is 40.9 Å². The van der Waals surface area contributed by atoms with E-state index < -0.39 is 20.0 Å². The van der Waals surface area contributed by atoms with Gasteiger partial charge in [-0.3, -0.25) is 9.36 Å². The van der Waals surface area contributed by atoms with E-state index in [9.17, 15) is 19.4 Å². The molecule has 0 fully saturated rings. The third-order valence-electron chi connectivity index (χ3n) is 10.1. The molecule has 0 aromatic heterocycles. The predicted octanol–water partition coefficient (Wildman–Crippen LogP) is 13.1. The monoisotopic (exact) mass is 859 g/mol. The van der Waals surface area contributed by atoms with Crippen LogP contribution in [0.5, 0.6) is 0 Å². The number of allylic oxidation sites excluding steroid dienone is 14. The number of hydrogen-bond donors (Lipinski definition) is 2. The van der Waals surface area contributed by atoms with Gasteiger partial charge in [-0.15, -0.1) is 0 Å². The van der Waals surface area contributed by atoms with E-state index in [4.69, 9.17) is 9.05 Å². The first-order valence-corrected chi connectivity index (χ1v) is 25.4. The topological polar surface area (TPSA) is 108 Å². The highest BCUT2D eigenvalue weighted by atomic mass is 31.2. The van der Waals surface area contributed by atoms with Crippen LogP contribution in [0, 0.1) is 0 Å². The summed E-state index contributed by atoms with van der Waals surface area (Å²) in [5, 5.41) is 13.9. The van der Waals surface area contributed by atoms with Crippen molar-refractivity contribution in [1.82, 2.24) is 5.32 Å². The zero-order valence-electron chi connectivity index (χ0n) is 39.1. The van der Waals surface area contributed by atoms with Crippen LogP contribution in [-0.2, 0) is 18.4 Å². The van der Waals surface area contributed by atoms with Gasteiger partial charge in [-0.05, 0) is 64.2 Å². The maximum atomic E-state index is 12.9. The zero-order valence-corrected chi connectivity index (χ0v) is 40.0. The summed E-state index contributed by atoms with van der Waals surface area (Å²) in [6.07, 6.45) is 57.4. The van der Waals surface area contributed by atoms with Crippen LogP contribution in [0.25, 0.3) is 0 Å². The molecule has 9 heteroatoms. The molecule has 8 nitrogen and oxygen atoms in total. The number of nitrogens with one attached hydrogen (secondary N) is 1. The molecule has 2 N–H and O–H groups in total. The second-order valence-electron chi connectivity index (χ2n) is 17.1. The average molecular weight is 859 g/mol. The minimum Gasteiger partial charge on any atom is -0.756 e. The number of rotatable bonds is 42. The molecule has 0 aliphatic rings. The summed E-state index contributed by atoms with van der Waals surface area (Å²) < 4.78 is 23.3. The second-order valence-corrected chi connectivity index (χ2v) is 18.5. The summed E-state index contributed by atoms with van der Waals surface area (Å²) in [6, 6.07) is -0.836. The number of amides is 1. The number of likely N-dealkylation sites (N-methyl/N-ethyl adjacent to an activating group) is 1. The first kappa shape index (κ1) is 57.7. The van der Waals surface area contributed by atoms with Gasteiger partial charge >= 0.3 is 0 Å². The van der Waals surface area contributed by atoms with E-state index in [1.165, 1.54) is 77.0 Å². The fourth-order valence-electron chi connectivity index (χ4n) is 6.38. The first-order chi connectivity index (χ1) is 29.0. The second kappa shape index (κ2) is 42.0. The third-order valence-corrected chi connectivity index (χ3v) is 11.1. The smallest absolute Gasteiger partial charge is 0.268 e. The Morgan fingerprint density at radius 2 is 1.00 bits per heavy atom. The lowest BCUT2D eigenvalue weighted by Crippen LogP contribution is -2.46. The van der Waals surface area contributed by atoms with Gasteiger partial charge in [0.05, 0.1) is 39.9 Å². The Morgan fingerprint density at radius 3 is 1.42 bits per heavy atom. The molecule has 0 rings (SSSR count). The van der Waals surface area contributed by atoms with Crippen molar-refractivity contribution in [3.63, 3.8) is 0 Å². The van der Waals surface area contributed by atoms with Crippen molar-refractivity contribution in [2.45, 2.75) is 193 Å². The molecular weight excluding hydrogens is 768 g/mol. The van der Waals surface area contributed by atoms with Gasteiger partial charge in [-0.1, -0.05) is 195 Å². The SMILES string of the molecule is CC/C=C\C/C=C\C/C=C\C/C=C\C/C=C\C/C=C\C/C=C\CCCC(=O)NC(COP(=O)([O-])OCC[N+](C)(C)C)C(O)CCCCCCCCCCCCCCCCC. The first-order valence-electron chi connectivity index (χ1n) is 23.9. The van der Waals surface area contributed by atoms with E-state index >= 15 is 0 Å². The maximum absolute atomic E-state index is 12.9. The number of carbonyl (C=O) groups excluding carboxylic acids is 1. The Kier molecular flexibility index (Phi) is 40.4. The lowest BCUT2D eigenvalue weighted by atomic mass is 10.0. The van der Waals surface area contributed by atoms with Crippen LogP contribution >= 0.6 is 7.82 Å². The van der Waals surface area contributed by atoms with Crippen molar-refractivity contribution in [3.8, 4) is 0 Å². The van der Waals surface area contributed by atoms with E-state index in [2.05, 4.69) is 104 Å². The van der Waals surface area contributed by atoms with Crippen molar-refractivity contribution in [1.29, 1.82) is 0 Å². The maximum Gasteiger partial charge on any atom is 0.268 e. The van der Waals surface area contributed by atoms with Crippen molar-refractivity contribution < 1.29 is 32.9 Å². The quantitative estimate of drug-likeness (QED) is 0.0274. The molecule has 3 unspecified atom stereocenters. The highest BCUT2D eigenvalue weighted by Gasteiger charge is 2.24. The average Bonchev–Trinajstić information content (AvgIpc) is 3.20. The minimum atomic E-state index is -4.59. The summed E-state index contributed by atoms with van der Waals surface area (Å²) in [6.45, 7) is 4.55. The molecule has 3 atom stereocenters. The fraction of sp³-hybridized carbons (Fsp3) is 0.706.